The lowest BCUT2D eigenvalue weighted by molar-refractivity contribution is -0.112. The van der Waals surface area contributed by atoms with E-state index in [4.69, 9.17) is 0 Å². The van der Waals surface area contributed by atoms with Gasteiger partial charge in [-0.1, -0.05) is 33.6 Å². The molecule has 13 heavy (non-hydrogen) atoms. The summed E-state index contributed by atoms with van der Waals surface area (Å²) in [6, 6.07) is 0. The molecule has 0 aliphatic heterocycles. The van der Waals surface area contributed by atoms with Crippen molar-refractivity contribution < 1.29 is 4.79 Å². The molecule has 1 aliphatic rings. The standard InChI is InChI=1S/C12H22O/c1-9(2)11-5-4-6-12(7-11)10(3)8-13/h8-12H,4-7H2,1-3H3. The second kappa shape index (κ2) is 4.78. The quantitative estimate of drug-likeness (QED) is 0.612. The van der Waals surface area contributed by atoms with E-state index >= 15 is 0 Å². The maximum Gasteiger partial charge on any atom is 0.123 e. The first kappa shape index (κ1) is 10.7. The smallest absolute Gasteiger partial charge is 0.123 e. The number of hydrogen-bond acceptors (Lipinski definition) is 1. The highest BCUT2D eigenvalue weighted by Crippen LogP contribution is 2.36. The summed E-state index contributed by atoms with van der Waals surface area (Å²) in [6.45, 7) is 6.68. The summed E-state index contributed by atoms with van der Waals surface area (Å²) in [5.41, 5.74) is 0. The number of carbonyl (C=O) groups excluding carboxylic acids is 1. The van der Waals surface area contributed by atoms with Crippen molar-refractivity contribution in [2.75, 3.05) is 0 Å². The van der Waals surface area contributed by atoms with Gasteiger partial charge in [-0.15, -0.1) is 0 Å². The highest BCUT2D eigenvalue weighted by molar-refractivity contribution is 5.53. The monoisotopic (exact) mass is 182 g/mol. The minimum absolute atomic E-state index is 0.279. The third-order valence-corrected chi connectivity index (χ3v) is 3.66. The van der Waals surface area contributed by atoms with Gasteiger partial charge in [0.05, 0.1) is 0 Å². The fourth-order valence-corrected chi connectivity index (χ4v) is 2.46. The van der Waals surface area contributed by atoms with Gasteiger partial charge in [0.2, 0.25) is 0 Å². The third-order valence-electron chi connectivity index (χ3n) is 3.66. The lowest BCUT2D eigenvalue weighted by atomic mass is 9.72. The Balaban J connectivity index is 2.46. The van der Waals surface area contributed by atoms with Crippen LogP contribution in [0, 0.1) is 23.7 Å². The van der Waals surface area contributed by atoms with E-state index in [2.05, 4.69) is 20.8 Å². The molecule has 76 valence electrons. The van der Waals surface area contributed by atoms with E-state index in [1.165, 1.54) is 25.7 Å². The molecule has 0 bridgehead atoms. The zero-order valence-corrected chi connectivity index (χ0v) is 9.12. The molecule has 0 aromatic carbocycles. The third kappa shape index (κ3) is 2.82. The number of aldehydes is 1. The van der Waals surface area contributed by atoms with Crippen molar-refractivity contribution in [3.05, 3.63) is 0 Å². The Morgan fingerprint density at radius 1 is 1.15 bits per heavy atom. The normalized spacial score (nSPS) is 31.7. The zero-order chi connectivity index (χ0) is 9.84. The van der Waals surface area contributed by atoms with Crippen molar-refractivity contribution in [3.63, 3.8) is 0 Å². The SMILES string of the molecule is CC(C)C1CCCC(C(C)C=O)C1. The molecular weight excluding hydrogens is 160 g/mol. The van der Waals surface area contributed by atoms with Crippen molar-refractivity contribution in [1.82, 2.24) is 0 Å². The van der Waals surface area contributed by atoms with Gasteiger partial charge in [-0.3, -0.25) is 0 Å². The second-order valence-corrected chi connectivity index (χ2v) is 4.93. The van der Waals surface area contributed by atoms with Crippen molar-refractivity contribution in [2.24, 2.45) is 23.7 Å². The Labute approximate surface area is 81.9 Å². The number of rotatable bonds is 3. The molecule has 1 aliphatic carbocycles. The van der Waals surface area contributed by atoms with Gasteiger partial charge < -0.3 is 4.79 Å². The predicted molar refractivity (Wildman–Crippen MR) is 55.5 cm³/mol. The first-order valence-electron chi connectivity index (χ1n) is 5.60. The Hall–Kier alpha value is -0.330. The fraction of sp³-hybridized carbons (Fsp3) is 0.917. The summed E-state index contributed by atoms with van der Waals surface area (Å²) >= 11 is 0. The summed E-state index contributed by atoms with van der Waals surface area (Å²) in [6.07, 6.45) is 6.37. The molecule has 0 N–H and O–H groups in total. The van der Waals surface area contributed by atoms with E-state index in [9.17, 15) is 4.79 Å². The summed E-state index contributed by atoms with van der Waals surface area (Å²) < 4.78 is 0. The first-order chi connectivity index (χ1) is 6.15. The van der Waals surface area contributed by atoms with Crippen LogP contribution < -0.4 is 0 Å². The largest absolute Gasteiger partial charge is 0.303 e. The molecule has 3 unspecified atom stereocenters. The molecule has 0 saturated heterocycles. The van der Waals surface area contributed by atoms with E-state index < -0.39 is 0 Å². The molecule has 0 spiro atoms. The van der Waals surface area contributed by atoms with E-state index in [0.29, 0.717) is 5.92 Å². The summed E-state index contributed by atoms with van der Waals surface area (Å²) in [5.74, 6) is 2.60. The van der Waals surface area contributed by atoms with Gasteiger partial charge in [-0.05, 0) is 30.6 Å². The van der Waals surface area contributed by atoms with Crippen LogP contribution in [0.1, 0.15) is 46.5 Å². The molecule has 0 aromatic rings. The molecule has 1 rings (SSSR count). The Morgan fingerprint density at radius 3 is 2.31 bits per heavy atom. The number of hydrogen-bond donors (Lipinski definition) is 0. The van der Waals surface area contributed by atoms with Crippen LogP contribution in [-0.2, 0) is 4.79 Å². The molecule has 0 aromatic heterocycles. The van der Waals surface area contributed by atoms with Gasteiger partial charge in [0.15, 0.2) is 0 Å². The highest BCUT2D eigenvalue weighted by atomic mass is 16.1. The topological polar surface area (TPSA) is 17.1 Å². The molecular formula is C12H22O. The Bertz CT molecular complexity index is 163. The van der Waals surface area contributed by atoms with Gasteiger partial charge in [-0.2, -0.15) is 0 Å². The van der Waals surface area contributed by atoms with Gasteiger partial charge in [0, 0.05) is 5.92 Å². The van der Waals surface area contributed by atoms with E-state index in [1.54, 1.807) is 0 Å². The maximum atomic E-state index is 10.7. The second-order valence-electron chi connectivity index (χ2n) is 4.93. The van der Waals surface area contributed by atoms with Crippen LogP contribution in [0.2, 0.25) is 0 Å². The van der Waals surface area contributed by atoms with Crippen LogP contribution in [0.5, 0.6) is 0 Å². The van der Waals surface area contributed by atoms with Crippen molar-refractivity contribution in [3.8, 4) is 0 Å². The summed E-state index contributed by atoms with van der Waals surface area (Å²) in [7, 11) is 0. The zero-order valence-electron chi connectivity index (χ0n) is 9.12. The van der Waals surface area contributed by atoms with Crippen molar-refractivity contribution in [1.29, 1.82) is 0 Å². The van der Waals surface area contributed by atoms with Crippen LogP contribution >= 0.6 is 0 Å². The van der Waals surface area contributed by atoms with Crippen LogP contribution in [0.4, 0.5) is 0 Å². The van der Waals surface area contributed by atoms with Crippen molar-refractivity contribution in [2.45, 2.75) is 46.5 Å². The summed E-state index contributed by atoms with van der Waals surface area (Å²) in [4.78, 5) is 10.7. The van der Waals surface area contributed by atoms with Crippen LogP contribution in [0.15, 0.2) is 0 Å². The van der Waals surface area contributed by atoms with E-state index in [1.807, 2.05) is 0 Å². The molecule has 0 radical (unpaired) electrons. The van der Waals surface area contributed by atoms with Gasteiger partial charge >= 0.3 is 0 Å². The molecule has 0 amide bonds. The average Bonchev–Trinajstić information content (AvgIpc) is 2.17. The Morgan fingerprint density at radius 2 is 1.77 bits per heavy atom. The minimum Gasteiger partial charge on any atom is -0.303 e. The van der Waals surface area contributed by atoms with E-state index in [0.717, 1.165) is 18.1 Å². The molecule has 1 nitrogen and oxygen atoms in total. The number of carbonyl (C=O) groups is 1. The molecule has 1 fully saturated rings. The molecule has 0 heterocycles. The Kier molecular flexibility index (Phi) is 3.95. The molecule has 1 heteroatoms. The van der Waals surface area contributed by atoms with Crippen LogP contribution in [0.3, 0.4) is 0 Å². The maximum absolute atomic E-state index is 10.7. The average molecular weight is 182 g/mol. The van der Waals surface area contributed by atoms with E-state index in [-0.39, 0.29) is 5.92 Å². The lowest BCUT2D eigenvalue weighted by Crippen LogP contribution is -2.24. The van der Waals surface area contributed by atoms with Crippen molar-refractivity contribution >= 4 is 6.29 Å². The van der Waals surface area contributed by atoms with Crippen LogP contribution in [0.25, 0.3) is 0 Å². The molecule has 3 atom stereocenters. The van der Waals surface area contributed by atoms with Gasteiger partial charge in [-0.25, -0.2) is 0 Å². The molecule has 1 saturated carbocycles. The lowest BCUT2D eigenvalue weighted by Gasteiger charge is -2.33. The first-order valence-corrected chi connectivity index (χ1v) is 5.60. The minimum atomic E-state index is 0.279. The predicted octanol–water partition coefficient (Wildman–Crippen LogP) is 3.28. The highest BCUT2D eigenvalue weighted by Gasteiger charge is 2.27. The van der Waals surface area contributed by atoms with Gasteiger partial charge in [0.25, 0.3) is 0 Å². The fourth-order valence-electron chi connectivity index (χ4n) is 2.46. The van der Waals surface area contributed by atoms with Crippen LogP contribution in [-0.4, -0.2) is 6.29 Å². The van der Waals surface area contributed by atoms with Gasteiger partial charge in [0.1, 0.15) is 6.29 Å². The summed E-state index contributed by atoms with van der Waals surface area (Å²) in [5, 5.41) is 0.